The van der Waals surface area contributed by atoms with E-state index in [2.05, 4.69) is 10.3 Å². The van der Waals surface area contributed by atoms with Crippen molar-refractivity contribution in [3.63, 3.8) is 0 Å². The van der Waals surface area contributed by atoms with E-state index in [-0.39, 0.29) is 18.4 Å². The number of carbonyl (C=O) groups excluding carboxylic acids is 1. The number of aryl methyl sites for hydroxylation is 2. The number of thiazole rings is 1. The molecule has 2 N–H and O–H groups in total. The number of anilines is 1. The highest BCUT2D eigenvalue weighted by atomic mass is 32.1. The van der Waals surface area contributed by atoms with E-state index < -0.39 is 5.97 Å². The van der Waals surface area contributed by atoms with Crippen LogP contribution in [-0.2, 0) is 11.2 Å². The number of amides is 2. The summed E-state index contributed by atoms with van der Waals surface area (Å²) in [5.74, 6) is -0.580. The molecule has 0 unspecified atom stereocenters. The predicted molar refractivity (Wildman–Crippen MR) is 81.8 cm³/mol. The van der Waals surface area contributed by atoms with Crippen LogP contribution in [0.25, 0.3) is 0 Å². The number of aliphatic carboxylic acids is 1. The van der Waals surface area contributed by atoms with Gasteiger partial charge in [-0.15, -0.1) is 11.3 Å². The van der Waals surface area contributed by atoms with Gasteiger partial charge in [-0.05, 0) is 32.1 Å². The van der Waals surface area contributed by atoms with Gasteiger partial charge in [-0.25, -0.2) is 9.78 Å². The lowest BCUT2D eigenvalue weighted by molar-refractivity contribution is -0.138. The number of nitrogens with zero attached hydrogens (tertiary/aromatic N) is 2. The van der Waals surface area contributed by atoms with Crippen LogP contribution in [0, 0.1) is 12.8 Å². The van der Waals surface area contributed by atoms with Crippen LogP contribution in [0.5, 0.6) is 0 Å². The number of likely N-dealkylation sites (tertiary alicyclic amines) is 1. The van der Waals surface area contributed by atoms with Crippen LogP contribution in [0.2, 0.25) is 0 Å². The van der Waals surface area contributed by atoms with Crippen molar-refractivity contribution < 1.29 is 14.7 Å². The summed E-state index contributed by atoms with van der Waals surface area (Å²) in [5.41, 5.74) is 1.02. The normalized spacial score (nSPS) is 16.0. The van der Waals surface area contributed by atoms with Crippen LogP contribution < -0.4 is 5.32 Å². The summed E-state index contributed by atoms with van der Waals surface area (Å²) in [6.45, 7) is 5.26. The Morgan fingerprint density at radius 2 is 2.10 bits per heavy atom. The summed E-state index contributed by atoms with van der Waals surface area (Å²) >= 11 is 1.49. The number of hydrogen-bond donors (Lipinski definition) is 2. The van der Waals surface area contributed by atoms with E-state index in [0.717, 1.165) is 29.8 Å². The summed E-state index contributed by atoms with van der Waals surface area (Å²) < 4.78 is 0. The van der Waals surface area contributed by atoms with Crippen LogP contribution >= 0.6 is 11.3 Å². The minimum Gasteiger partial charge on any atom is -0.481 e. The summed E-state index contributed by atoms with van der Waals surface area (Å²) in [5, 5.41) is 12.3. The summed E-state index contributed by atoms with van der Waals surface area (Å²) in [6, 6.07) is -0.139. The maximum Gasteiger partial charge on any atom is 0.323 e. The molecule has 7 heteroatoms. The zero-order chi connectivity index (χ0) is 15.4. The van der Waals surface area contributed by atoms with Gasteiger partial charge in [-0.3, -0.25) is 10.1 Å². The Balaban J connectivity index is 1.85. The van der Waals surface area contributed by atoms with E-state index in [1.165, 1.54) is 11.3 Å². The Bertz CT molecular complexity index is 522. The number of piperidine rings is 1. The highest BCUT2D eigenvalue weighted by molar-refractivity contribution is 7.15. The third-order valence-electron chi connectivity index (χ3n) is 3.81. The van der Waals surface area contributed by atoms with Gasteiger partial charge in [0.05, 0.1) is 5.69 Å². The first-order valence-electron chi connectivity index (χ1n) is 7.23. The van der Waals surface area contributed by atoms with E-state index in [9.17, 15) is 9.59 Å². The molecule has 6 nitrogen and oxygen atoms in total. The summed E-state index contributed by atoms with van der Waals surface area (Å²) in [4.78, 5) is 30.1. The van der Waals surface area contributed by atoms with Crippen LogP contribution in [0.3, 0.4) is 0 Å². The minimum absolute atomic E-state index is 0.139. The molecule has 1 saturated heterocycles. The van der Waals surface area contributed by atoms with Crippen molar-refractivity contribution in [1.29, 1.82) is 0 Å². The zero-order valence-electron chi connectivity index (χ0n) is 12.4. The van der Waals surface area contributed by atoms with Crippen molar-refractivity contribution in [2.75, 3.05) is 18.4 Å². The molecule has 116 valence electrons. The Kier molecular flexibility index (Phi) is 5.17. The predicted octanol–water partition coefficient (Wildman–Crippen LogP) is 2.73. The number of urea groups is 1. The van der Waals surface area contributed by atoms with Crippen LogP contribution in [0.15, 0.2) is 0 Å². The molecule has 1 aliphatic rings. The SMILES string of the molecule is CCc1nc(NC(=O)N2CCC(CC(=O)O)CC2)sc1C. The molecule has 1 aromatic heterocycles. The second kappa shape index (κ2) is 6.89. The number of hydrogen-bond acceptors (Lipinski definition) is 4. The van der Waals surface area contributed by atoms with Gasteiger partial charge in [0.25, 0.3) is 0 Å². The monoisotopic (exact) mass is 311 g/mol. The smallest absolute Gasteiger partial charge is 0.323 e. The second-order valence-corrected chi connectivity index (χ2v) is 6.54. The largest absolute Gasteiger partial charge is 0.481 e. The van der Waals surface area contributed by atoms with Gasteiger partial charge in [0.1, 0.15) is 0 Å². The van der Waals surface area contributed by atoms with Crippen molar-refractivity contribution in [3.8, 4) is 0 Å². The number of carbonyl (C=O) groups is 2. The first-order valence-corrected chi connectivity index (χ1v) is 8.05. The molecular formula is C14H21N3O3S. The molecule has 0 spiro atoms. The van der Waals surface area contributed by atoms with Gasteiger partial charge in [-0.2, -0.15) is 0 Å². The molecule has 1 fully saturated rings. The van der Waals surface area contributed by atoms with Crippen LogP contribution in [0.1, 0.15) is 36.8 Å². The molecule has 0 radical (unpaired) electrons. The first kappa shape index (κ1) is 15.8. The van der Waals surface area contributed by atoms with Gasteiger partial charge in [0.2, 0.25) is 0 Å². The van der Waals surface area contributed by atoms with Gasteiger partial charge < -0.3 is 10.0 Å². The van der Waals surface area contributed by atoms with Gasteiger partial charge in [0, 0.05) is 24.4 Å². The van der Waals surface area contributed by atoms with E-state index in [1.54, 1.807) is 4.90 Å². The molecule has 1 aliphatic heterocycles. The minimum atomic E-state index is -0.761. The fraction of sp³-hybridized carbons (Fsp3) is 0.643. The molecule has 0 atom stereocenters. The van der Waals surface area contributed by atoms with Gasteiger partial charge in [-0.1, -0.05) is 6.92 Å². The second-order valence-electron chi connectivity index (χ2n) is 5.33. The van der Waals surface area contributed by atoms with Crippen molar-refractivity contribution >= 4 is 28.5 Å². The Labute approximate surface area is 128 Å². The molecule has 2 rings (SSSR count). The van der Waals surface area contributed by atoms with Gasteiger partial charge in [0.15, 0.2) is 5.13 Å². The number of carboxylic acid groups (broad SMARTS) is 1. The summed E-state index contributed by atoms with van der Waals surface area (Å²) in [7, 11) is 0. The standard InChI is InChI=1S/C14H21N3O3S/c1-3-11-9(2)21-13(15-11)16-14(20)17-6-4-10(5-7-17)8-12(18)19/h10H,3-8H2,1-2H3,(H,18,19)(H,15,16,20). The average molecular weight is 311 g/mol. The summed E-state index contributed by atoms with van der Waals surface area (Å²) in [6.07, 6.45) is 2.55. The Morgan fingerprint density at radius 1 is 1.43 bits per heavy atom. The number of carboxylic acids is 1. The molecule has 2 amide bonds. The number of nitrogens with one attached hydrogen (secondary N) is 1. The highest BCUT2D eigenvalue weighted by Crippen LogP contribution is 2.24. The van der Waals surface area contributed by atoms with Crippen molar-refractivity contribution in [1.82, 2.24) is 9.88 Å². The third kappa shape index (κ3) is 4.17. The van der Waals surface area contributed by atoms with Gasteiger partial charge >= 0.3 is 12.0 Å². The lowest BCUT2D eigenvalue weighted by Crippen LogP contribution is -2.41. The highest BCUT2D eigenvalue weighted by Gasteiger charge is 2.24. The lowest BCUT2D eigenvalue weighted by atomic mass is 9.94. The molecule has 0 aromatic carbocycles. The fourth-order valence-corrected chi connectivity index (χ4v) is 3.46. The average Bonchev–Trinajstić information content (AvgIpc) is 2.78. The molecule has 0 bridgehead atoms. The molecular weight excluding hydrogens is 290 g/mol. The van der Waals surface area contributed by atoms with E-state index in [1.807, 2.05) is 13.8 Å². The number of rotatable bonds is 4. The van der Waals surface area contributed by atoms with Crippen LogP contribution in [0.4, 0.5) is 9.93 Å². The molecule has 0 aliphatic carbocycles. The van der Waals surface area contributed by atoms with Crippen LogP contribution in [-0.4, -0.2) is 40.1 Å². The Morgan fingerprint density at radius 3 is 2.62 bits per heavy atom. The molecule has 0 saturated carbocycles. The van der Waals surface area contributed by atoms with Crippen molar-refractivity contribution in [3.05, 3.63) is 10.6 Å². The Hall–Kier alpha value is -1.63. The molecule has 21 heavy (non-hydrogen) atoms. The molecule has 1 aromatic rings. The van der Waals surface area contributed by atoms with E-state index in [0.29, 0.717) is 18.2 Å². The maximum absolute atomic E-state index is 12.2. The van der Waals surface area contributed by atoms with E-state index >= 15 is 0 Å². The van der Waals surface area contributed by atoms with E-state index in [4.69, 9.17) is 5.11 Å². The number of aromatic nitrogens is 1. The zero-order valence-corrected chi connectivity index (χ0v) is 13.2. The first-order chi connectivity index (χ1) is 9.99. The topological polar surface area (TPSA) is 82.5 Å². The quantitative estimate of drug-likeness (QED) is 0.895. The van der Waals surface area contributed by atoms with Crippen molar-refractivity contribution in [2.24, 2.45) is 5.92 Å². The molecule has 2 heterocycles. The maximum atomic E-state index is 12.2. The fourth-order valence-electron chi connectivity index (χ4n) is 2.57. The van der Waals surface area contributed by atoms with Crippen molar-refractivity contribution in [2.45, 2.75) is 39.5 Å². The lowest BCUT2D eigenvalue weighted by Gasteiger charge is -2.31. The third-order valence-corrected chi connectivity index (χ3v) is 4.73.